The second-order valence-electron chi connectivity index (χ2n) is 6.59. The van der Waals surface area contributed by atoms with Crippen molar-refractivity contribution in [1.82, 2.24) is 14.6 Å². The van der Waals surface area contributed by atoms with E-state index in [1.54, 1.807) is 37.3 Å². The summed E-state index contributed by atoms with van der Waals surface area (Å²) in [7, 11) is 0. The lowest BCUT2D eigenvalue weighted by Gasteiger charge is -2.08. The number of pyridine rings is 1. The van der Waals surface area contributed by atoms with Crippen molar-refractivity contribution in [3.63, 3.8) is 0 Å². The molecule has 0 atom stereocenters. The number of nitro groups is 1. The number of halogens is 2. The fraction of sp³-hybridized carbons (Fsp3) is 0.0476. The van der Waals surface area contributed by atoms with Gasteiger partial charge in [0.1, 0.15) is 17.8 Å². The summed E-state index contributed by atoms with van der Waals surface area (Å²) in [6.07, 6.45) is 2.58. The molecule has 0 radical (unpaired) electrons. The largest absolute Gasteiger partial charge is 0.437 e. The van der Waals surface area contributed by atoms with Crippen molar-refractivity contribution >= 4 is 50.3 Å². The molecule has 0 fully saturated rings. The van der Waals surface area contributed by atoms with E-state index >= 15 is 0 Å². The molecule has 9 nitrogen and oxygen atoms in total. The maximum absolute atomic E-state index is 12.8. The fourth-order valence-corrected chi connectivity index (χ4v) is 3.44. The maximum atomic E-state index is 12.8. The minimum Gasteiger partial charge on any atom is -0.437 e. The van der Waals surface area contributed by atoms with E-state index < -0.39 is 4.92 Å². The highest BCUT2D eigenvalue weighted by molar-refractivity contribution is 9.10. The van der Waals surface area contributed by atoms with Crippen LogP contribution >= 0.6 is 27.5 Å². The van der Waals surface area contributed by atoms with Crippen LogP contribution < -0.4 is 10.3 Å². The van der Waals surface area contributed by atoms with Crippen LogP contribution in [-0.4, -0.2) is 25.8 Å². The average molecular weight is 515 g/mol. The van der Waals surface area contributed by atoms with Crippen LogP contribution in [0, 0.1) is 17.0 Å². The van der Waals surface area contributed by atoms with E-state index in [1.807, 2.05) is 6.07 Å². The molecule has 0 amide bonds. The molecule has 0 aliphatic heterocycles. The Morgan fingerprint density at radius 1 is 1.22 bits per heavy atom. The summed E-state index contributed by atoms with van der Waals surface area (Å²) in [5, 5.41) is 15.7. The summed E-state index contributed by atoms with van der Waals surface area (Å²) < 4.78 is 7.57. The highest BCUT2D eigenvalue weighted by Gasteiger charge is 2.10. The molecule has 0 saturated heterocycles. The molecule has 4 rings (SSSR count). The van der Waals surface area contributed by atoms with Crippen LogP contribution in [0.15, 0.2) is 69.1 Å². The molecular formula is C21H13BrClN5O4. The summed E-state index contributed by atoms with van der Waals surface area (Å²) in [6, 6.07) is 12.9. The van der Waals surface area contributed by atoms with Gasteiger partial charge in [-0.1, -0.05) is 27.5 Å². The SMILES string of the molecule is Cc1nc2ccc(Br)cc2c(=O)n1N=Cc1ccc(Oc2ccc([N+](=O)[O-])cn2)c(Cl)c1. The number of fused-ring (bicyclic) bond motifs is 1. The van der Waals surface area contributed by atoms with E-state index in [0.717, 1.165) is 10.7 Å². The topological polar surface area (TPSA) is 113 Å². The Kier molecular flexibility index (Phi) is 5.97. The Morgan fingerprint density at radius 3 is 2.72 bits per heavy atom. The van der Waals surface area contributed by atoms with Gasteiger partial charge in [0.15, 0.2) is 0 Å². The maximum Gasteiger partial charge on any atom is 0.287 e. The van der Waals surface area contributed by atoms with Gasteiger partial charge in [0.05, 0.1) is 27.1 Å². The van der Waals surface area contributed by atoms with Crippen molar-refractivity contribution in [1.29, 1.82) is 0 Å². The van der Waals surface area contributed by atoms with Gasteiger partial charge in [-0.25, -0.2) is 9.97 Å². The van der Waals surface area contributed by atoms with Gasteiger partial charge in [-0.3, -0.25) is 14.9 Å². The first-order valence-electron chi connectivity index (χ1n) is 9.13. The first-order chi connectivity index (χ1) is 15.3. The number of ether oxygens (including phenoxy) is 1. The molecule has 0 aliphatic rings. The van der Waals surface area contributed by atoms with Crippen LogP contribution in [0.25, 0.3) is 10.9 Å². The molecular weight excluding hydrogens is 502 g/mol. The minimum absolute atomic E-state index is 0.143. The zero-order valence-corrected chi connectivity index (χ0v) is 18.7. The van der Waals surface area contributed by atoms with Gasteiger partial charge in [0.2, 0.25) is 5.88 Å². The van der Waals surface area contributed by atoms with Gasteiger partial charge in [-0.2, -0.15) is 9.78 Å². The smallest absolute Gasteiger partial charge is 0.287 e. The minimum atomic E-state index is -0.547. The van der Waals surface area contributed by atoms with Crippen molar-refractivity contribution in [2.45, 2.75) is 6.92 Å². The number of rotatable bonds is 5. The van der Waals surface area contributed by atoms with Gasteiger partial charge in [-0.15, -0.1) is 0 Å². The van der Waals surface area contributed by atoms with Crippen LogP contribution in [-0.2, 0) is 0 Å². The summed E-state index contributed by atoms with van der Waals surface area (Å²) in [5.74, 6) is 0.918. The third-order valence-electron chi connectivity index (χ3n) is 4.39. The Hall–Kier alpha value is -3.63. The van der Waals surface area contributed by atoms with Crippen LogP contribution in [0.1, 0.15) is 11.4 Å². The monoisotopic (exact) mass is 513 g/mol. The normalized spacial score (nSPS) is 11.2. The Bertz CT molecular complexity index is 1440. The van der Waals surface area contributed by atoms with E-state index in [0.29, 0.717) is 28.0 Å². The lowest BCUT2D eigenvalue weighted by Crippen LogP contribution is -2.20. The molecule has 0 spiro atoms. The standard InChI is InChI=1S/C21H13BrClN5O4/c1-12-26-18-5-3-14(22)9-16(18)21(29)27(12)25-10-13-2-6-19(17(23)8-13)32-20-7-4-15(11-24-20)28(30)31/h2-11H,1H3. The lowest BCUT2D eigenvalue weighted by atomic mass is 10.2. The molecule has 0 bridgehead atoms. The highest BCUT2D eigenvalue weighted by Crippen LogP contribution is 2.29. The molecule has 0 saturated carbocycles. The summed E-state index contributed by atoms with van der Waals surface area (Å²) in [5.41, 5.74) is 0.780. The van der Waals surface area contributed by atoms with E-state index in [1.165, 1.54) is 23.0 Å². The molecule has 11 heteroatoms. The number of hydrogen-bond donors (Lipinski definition) is 0. The van der Waals surface area contributed by atoms with Crippen LogP contribution in [0.2, 0.25) is 5.02 Å². The van der Waals surface area contributed by atoms with Crippen molar-refractivity contribution in [3.05, 3.63) is 96.1 Å². The number of aryl methyl sites for hydroxylation is 1. The summed E-state index contributed by atoms with van der Waals surface area (Å²) in [4.78, 5) is 31.3. The van der Waals surface area contributed by atoms with E-state index in [4.69, 9.17) is 16.3 Å². The van der Waals surface area contributed by atoms with Gasteiger partial charge < -0.3 is 4.74 Å². The molecule has 160 valence electrons. The first-order valence-corrected chi connectivity index (χ1v) is 10.3. The molecule has 2 heterocycles. The molecule has 2 aromatic heterocycles. The van der Waals surface area contributed by atoms with Crippen LogP contribution in [0.3, 0.4) is 0 Å². The third kappa shape index (κ3) is 4.51. The number of aromatic nitrogens is 3. The van der Waals surface area contributed by atoms with Gasteiger partial charge in [-0.05, 0) is 48.9 Å². The summed E-state index contributed by atoms with van der Waals surface area (Å²) in [6.45, 7) is 1.70. The molecule has 0 unspecified atom stereocenters. The van der Waals surface area contributed by atoms with E-state index in [9.17, 15) is 14.9 Å². The second-order valence-corrected chi connectivity index (χ2v) is 7.91. The number of benzene rings is 2. The van der Waals surface area contributed by atoms with E-state index in [2.05, 4.69) is 31.0 Å². The Labute approximate surface area is 194 Å². The number of hydrogen-bond acceptors (Lipinski definition) is 7. The quantitative estimate of drug-likeness (QED) is 0.208. The molecule has 0 N–H and O–H groups in total. The fourth-order valence-electron chi connectivity index (χ4n) is 2.85. The van der Waals surface area contributed by atoms with Gasteiger partial charge in [0, 0.05) is 16.6 Å². The highest BCUT2D eigenvalue weighted by atomic mass is 79.9. The predicted octanol–water partition coefficient (Wildman–Crippen LogP) is 5.10. The van der Waals surface area contributed by atoms with Crippen molar-refractivity contribution in [2.75, 3.05) is 0 Å². The second kappa shape index (κ2) is 8.85. The van der Waals surface area contributed by atoms with E-state index in [-0.39, 0.29) is 22.1 Å². The van der Waals surface area contributed by atoms with Crippen molar-refractivity contribution in [3.8, 4) is 11.6 Å². The van der Waals surface area contributed by atoms with Crippen molar-refractivity contribution < 1.29 is 9.66 Å². The zero-order chi connectivity index (χ0) is 22.8. The molecule has 32 heavy (non-hydrogen) atoms. The molecule has 4 aromatic rings. The predicted molar refractivity (Wildman–Crippen MR) is 124 cm³/mol. The van der Waals surface area contributed by atoms with Crippen LogP contribution in [0.5, 0.6) is 11.6 Å². The Balaban J connectivity index is 1.58. The summed E-state index contributed by atoms with van der Waals surface area (Å²) >= 11 is 9.65. The lowest BCUT2D eigenvalue weighted by molar-refractivity contribution is -0.385. The number of nitrogens with zero attached hydrogens (tertiary/aromatic N) is 5. The molecule has 2 aromatic carbocycles. The molecule has 0 aliphatic carbocycles. The van der Waals surface area contributed by atoms with Crippen LogP contribution in [0.4, 0.5) is 5.69 Å². The first kappa shape index (κ1) is 21.6. The van der Waals surface area contributed by atoms with Gasteiger partial charge in [0.25, 0.3) is 11.2 Å². The third-order valence-corrected chi connectivity index (χ3v) is 5.18. The van der Waals surface area contributed by atoms with Crippen molar-refractivity contribution in [2.24, 2.45) is 5.10 Å². The van der Waals surface area contributed by atoms with Gasteiger partial charge >= 0.3 is 0 Å². The average Bonchev–Trinajstić information content (AvgIpc) is 2.76. The zero-order valence-electron chi connectivity index (χ0n) is 16.4. The Morgan fingerprint density at radius 2 is 2.03 bits per heavy atom.